The molecule has 0 radical (unpaired) electrons. The van der Waals surface area contributed by atoms with Gasteiger partial charge in [0.05, 0.1) is 5.02 Å². The number of aryl methyl sites for hydroxylation is 1. The van der Waals surface area contributed by atoms with E-state index in [0.29, 0.717) is 12.2 Å². The van der Waals surface area contributed by atoms with Crippen LogP contribution in [0.2, 0.25) is 5.02 Å². The van der Waals surface area contributed by atoms with Crippen LogP contribution in [0, 0.1) is 12.7 Å². The molecule has 0 saturated carbocycles. The molecule has 1 amide bonds. The normalized spacial score (nSPS) is 10.4. The number of carbonyl (C=O) groups is 1. The summed E-state index contributed by atoms with van der Waals surface area (Å²) in [4.78, 5) is 20.6. The summed E-state index contributed by atoms with van der Waals surface area (Å²) in [5, 5.41) is 5.72. The van der Waals surface area contributed by atoms with E-state index in [0.717, 1.165) is 11.1 Å². The van der Waals surface area contributed by atoms with Crippen LogP contribution in [0.15, 0.2) is 54.7 Å². The van der Waals surface area contributed by atoms with Crippen molar-refractivity contribution < 1.29 is 9.18 Å². The maximum Gasteiger partial charge on any atom is 0.270 e. The zero-order chi connectivity index (χ0) is 18.5. The van der Waals surface area contributed by atoms with Crippen LogP contribution < -0.4 is 10.6 Å². The van der Waals surface area contributed by atoms with Crippen LogP contribution in [0.4, 0.5) is 16.0 Å². The molecule has 132 valence electrons. The lowest BCUT2D eigenvalue weighted by molar-refractivity contribution is 0.0946. The van der Waals surface area contributed by atoms with E-state index in [-0.39, 0.29) is 22.6 Å². The molecule has 2 aromatic carbocycles. The predicted molar refractivity (Wildman–Crippen MR) is 99.1 cm³/mol. The van der Waals surface area contributed by atoms with Crippen molar-refractivity contribution in [2.45, 2.75) is 13.5 Å². The number of hydrogen-bond donors (Lipinski definition) is 2. The Hall–Kier alpha value is -2.99. The molecule has 0 spiro atoms. The number of amides is 1. The topological polar surface area (TPSA) is 66.9 Å². The maximum absolute atomic E-state index is 13.2. The highest BCUT2D eigenvalue weighted by molar-refractivity contribution is 6.31. The van der Waals surface area contributed by atoms with Crippen LogP contribution >= 0.6 is 11.6 Å². The zero-order valence-corrected chi connectivity index (χ0v) is 14.7. The fourth-order valence-corrected chi connectivity index (χ4v) is 2.50. The summed E-state index contributed by atoms with van der Waals surface area (Å²) < 4.78 is 13.2. The number of nitrogens with one attached hydrogen (secondary N) is 2. The number of nitrogens with zero attached hydrogens (tertiary/aromatic N) is 2. The van der Waals surface area contributed by atoms with Gasteiger partial charge in [0.25, 0.3) is 5.91 Å². The largest absolute Gasteiger partial charge is 0.347 e. The summed E-state index contributed by atoms with van der Waals surface area (Å²) in [6, 6.07) is 13.5. The molecule has 7 heteroatoms. The fraction of sp³-hybridized carbons (Fsp3) is 0.105. The van der Waals surface area contributed by atoms with Crippen molar-refractivity contribution in [3.8, 4) is 0 Å². The van der Waals surface area contributed by atoms with Crippen molar-refractivity contribution in [2.24, 2.45) is 0 Å². The second-order valence-electron chi connectivity index (χ2n) is 5.63. The van der Waals surface area contributed by atoms with Gasteiger partial charge < -0.3 is 10.6 Å². The first-order valence-corrected chi connectivity index (χ1v) is 8.28. The smallest absolute Gasteiger partial charge is 0.270 e. The van der Waals surface area contributed by atoms with Gasteiger partial charge in [-0.3, -0.25) is 4.79 Å². The van der Waals surface area contributed by atoms with Crippen LogP contribution in [-0.2, 0) is 6.54 Å². The molecule has 1 aromatic heterocycles. The lowest BCUT2D eigenvalue weighted by Gasteiger charge is -2.09. The van der Waals surface area contributed by atoms with Crippen molar-refractivity contribution in [3.63, 3.8) is 0 Å². The van der Waals surface area contributed by atoms with Crippen molar-refractivity contribution in [1.82, 2.24) is 15.3 Å². The number of rotatable bonds is 5. The molecule has 26 heavy (non-hydrogen) atoms. The van der Waals surface area contributed by atoms with Gasteiger partial charge in [0.15, 0.2) is 0 Å². The molecule has 0 fully saturated rings. The molecular weight excluding hydrogens is 355 g/mol. The molecule has 5 nitrogen and oxygen atoms in total. The minimum absolute atomic E-state index is 0.0119. The highest BCUT2D eigenvalue weighted by atomic mass is 35.5. The average Bonchev–Trinajstić information content (AvgIpc) is 2.64. The summed E-state index contributed by atoms with van der Waals surface area (Å²) in [5.74, 6) is -0.602. The van der Waals surface area contributed by atoms with E-state index >= 15 is 0 Å². The molecule has 0 unspecified atom stereocenters. The third-order valence-corrected chi connectivity index (χ3v) is 4.05. The van der Waals surface area contributed by atoms with Crippen LogP contribution in [-0.4, -0.2) is 15.9 Å². The predicted octanol–water partition coefficient (Wildman–Crippen LogP) is 4.25. The van der Waals surface area contributed by atoms with Gasteiger partial charge in [-0.15, -0.1) is 0 Å². The van der Waals surface area contributed by atoms with Crippen LogP contribution in [0.1, 0.15) is 21.6 Å². The number of aromatic nitrogens is 2. The maximum atomic E-state index is 13.2. The van der Waals surface area contributed by atoms with Gasteiger partial charge in [-0.25, -0.2) is 14.4 Å². The lowest BCUT2D eigenvalue weighted by Crippen LogP contribution is -2.24. The molecule has 2 N–H and O–H groups in total. The first-order valence-electron chi connectivity index (χ1n) is 7.91. The number of halogens is 2. The van der Waals surface area contributed by atoms with E-state index in [1.165, 1.54) is 30.5 Å². The Morgan fingerprint density at radius 3 is 2.77 bits per heavy atom. The number of benzene rings is 2. The number of hydrogen-bond acceptors (Lipinski definition) is 4. The minimum atomic E-state index is -0.512. The van der Waals surface area contributed by atoms with Crippen molar-refractivity contribution in [3.05, 3.63) is 82.4 Å². The third-order valence-electron chi connectivity index (χ3n) is 3.76. The standard InChI is InChI=1S/C19H16ClFN4O/c1-12-4-2-3-5-13(12)11-23-18(26)17-8-9-22-19(25-17)24-14-6-7-16(21)15(20)10-14/h2-10H,11H2,1H3,(H,23,26)(H,22,24,25). The van der Waals surface area contributed by atoms with Gasteiger partial charge in [0, 0.05) is 18.4 Å². The van der Waals surface area contributed by atoms with Gasteiger partial charge >= 0.3 is 0 Å². The summed E-state index contributed by atoms with van der Waals surface area (Å²) >= 11 is 5.75. The second-order valence-corrected chi connectivity index (χ2v) is 6.04. The van der Waals surface area contributed by atoms with Gasteiger partial charge in [-0.2, -0.15) is 0 Å². The molecule has 0 atom stereocenters. The highest BCUT2D eigenvalue weighted by Crippen LogP contribution is 2.21. The minimum Gasteiger partial charge on any atom is -0.347 e. The first-order chi connectivity index (χ1) is 12.5. The Bertz CT molecular complexity index is 948. The lowest BCUT2D eigenvalue weighted by atomic mass is 10.1. The van der Waals surface area contributed by atoms with Crippen LogP contribution in [0.5, 0.6) is 0 Å². The highest BCUT2D eigenvalue weighted by Gasteiger charge is 2.10. The summed E-state index contributed by atoms with van der Waals surface area (Å²) in [7, 11) is 0. The van der Waals surface area contributed by atoms with Crippen molar-refractivity contribution in [2.75, 3.05) is 5.32 Å². The average molecular weight is 371 g/mol. The Balaban J connectivity index is 1.69. The monoisotopic (exact) mass is 370 g/mol. The summed E-state index contributed by atoms with van der Waals surface area (Å²) in [6.07, 6.45) is 1.48. The molecule has 0 bridgehead atoms. The van der Waals surface area contributed by atoms with E-state index in [2.05, 4.69) is 20.6 Å². The van der Waals surface area contributed by atoms with Gasteiger partial charge in [-0.1, -0.05) is 35.9 Å². The van der Waals surface area contributed by atoms with Crippen LogP contribution in [0.25, 0.3) is 0 Å². The van der Waals surface area contributed by atoms with E-state index < -0.39 is 5.82 Å². The first kappa shape index (κ1) is 17.8. The van der Waals surface area contributed by atoms with Crippen molar-refractivity contribution >= 4 is 29.1 Å². The molecule has 0 aliphatic carbocycles. The Morgan fingerprint density at radius 1 is 1.19 bits per heavy atom. The van der Waals surface area contributed by atoms with Gasteiger partial charge in [0.1, 0.15) is 11.5 Å². The molecule has 3 rings (SSSR count). The van der Waals surface area contributed by atoms with Gasteiger partial charge in [-0.05, 0) is 42.3 Å². The third kappa shape index (κ3) is 4.34. The van der Waals surface area contributed by atoms with E-state index in [9.17, 15) is 9.18 Å². The molecule has 0 aliphatic heterocycles. The fourth-order valence-electron chi connectivity index (χ4n) is 2.32. The SMILES string of the molecule is Cc1ccccc1CNC(=O)c1ccnc(Nc2ccc(F)c(Cl)c2)n1. The van der Waals surface area contributed by atoms with Crippen molar-refractivity contribution in [1.29, 1.82) is 0 Å². The quantitative estimate of drug-likeness (QED) is 0.704. The second kappa shape index (κ2) is 7.93. The Kier molecular flexibility index (Phi) is 5.43. The van der Waals surface area contributed by atoms with E-state index in [4.69, 9.17) is 11.6 Å². The Morgan fingerprint density at radius 2 is 2.00 bits per heavy atom. The zero-order valence-electron chi connectivity index (χ0n) is 14.0. The Labute approximate surface area is 155 Å². The molecule has 0 aliphatic rings. The summed E-state index contributed by atoms with van der Waals surface area (Å²) in [6.45, 7) is 2.40. The number of carbonyl (C=O) groups excluding carboxylic acids is 1. The molecule has 3 aromatic rings. The van der Waals surface area contributed by atoms with Crippen LogP contribution in [0.3, 0.4) is 0 Å². The molecule has 1 heterocycles. The number of anilines is 2. The van der Waals surface area contributed by atoms with E-state index in [1.807, 2.05) is 31.2 Å². The molecular formula is C19H16ClFN4O. The van der Waals surface area contributed by atoms with Gasteiger partial charge in [0.2, 0.25) is 5.95 Å². The summed E-state index contributed by atoms with van der Waals surface area (Å²) in [5.41, 5.74) is 2.89. The van der Waals surface area contributed by atoms with E-state index in [1.54, 1.807) is 0 Å². The molecule has 0 saturated heterocycles.